The number of carbonyl (C=O) groups excluding carboxylic acids is 2. The summed E-state index contributed by atoms with van der Waals surface area (Å²) >= 11 is 0. The largest absolute Gasteiger partial charge is 0.299 e. The predicted octanol–water partition coefficient (Wildman–Crippen LogP) is 0.945. The zero-order valence-corrected chi connectivity index (χ0v) is 6.02. The quantitative estimate of drug-likeness (QED) is 0.467. The van der Waals surface area contributed by atoms with E-state index < -0.39 is 0 Å². The van der Waals surface area contributed by atoms with Crippen molar-refractivity contribution in [3.8, 4) is 0 Å². The highest BCUT2D eigenvalue weighted by molar-refractivity contribution is 6.07. The van der Waals surface area contributed by atoms with Gasteiger partial charge in [-0.1, -0.05) is 6.92 Å². The minimum atomic E-state index is -0.204. The Hall–Kier alpha value is -0.660. The number of carbonyl (C=O) groups is 2. The van der Waals surface area contributed by atoms with Gasteiger partial charge in [-0.2, -0.15) is 0 Å². The number of Topliss-reactive ketones (excluding diaryl/α,β-unsaturated/α-hetero) is 2. The van der Waals surface area contributed by atoms with Crippen molar-refractivity contribution in [1.82, 2.24) is 0 Å². The molecule has 0 radical (unpaired) electrons. The molecule has 0 spiro atoms. The van der Waals surface area contributed by atoms with Crippen molar-refractivity contribution in [3.63, 3.8) is 0 Å². The lowest BCUT2D eigenvalue weighted by Gasteiger charge is -2.17. The molecule has 2 heteroatoms. The van der Waals surface area contributed by atoms with Crippen molar-refractivity contribution in [2.75, 3.05) is 0 Å². The molecular formula is C8H10O2. The van der Waals surface area contributed by atoms with E-state index in [1.54, 1.807) is 0 Å². The van der Waals surface area contributed by atoms with Crippen LogP contribution < -0.4 is 0 Å². The summed E-state index contributed by atoms with van der Waals surface area (Å²) in [7, 11) is 0. The van der Waals surface area contributed by atoms with Gasteiger partial charge >= 0.3 is 0 Å². The lowest BCUT2D eigenvalue weighted by atomic mass is 9.86. The molecular weight excluding hydrogens is 128 g/mol. The lowest BCUT2D eigenvalue weighted by Crippen LogP contribution is -2.22. The molecule has 0 amide bonds. The average molecular weight is 138 g/mol. The Bertz CT molecular complexity index is 199. The summed E-state index contributed by atoms with van der Waals surface area (Å²) in [5, 5.41) is 0. The first-order valence-electron chi connectivity index (χ1n) is 3.66. The molecule has 10 heavy (non-hydrogen) atoms. The van der Waals surface area contributed by atoms with Gasteiger partial charge in [0.15, 0.2) is 0 Å². The van der Waals surface area contributed by atoms with Crippen LogP contribution in [-0.2, 0) is 9.59 Å². The van der Waals surface area contributed by atoms with E-state index in [4.69, 9.17) is 0 Å². The van der Waals surface area contributed by atoms with Crippen molar-refractivity contribution in [2.24, 2.45) is 11.3 Å². The van der Waals surface area contributed by atoms with Crippen molar-refractivity contribution in [3.05, 3.63) is 0 Å². The van der Waals surface area contributed by atoms with Crippen molar-refractivity contribution < 1.29 is 9.59 Å². The van der Waals surface area contributed by atoms with Gasteiger partial charge in [0.1, 0.15) is 11.6 Å². The summed E-state index contributed by atoms with van der Waals surface area (Å²) in [6, 6.07) is 0. The topological polar surface area (TPSA) is 34.1 Å². The number of rotatable bonds is 0. The van der Waals surface area contributed by atoms with Gasteiger partial charge in [-0.3, -0.25) is 9.59 Å². The molecule has 2 aliphatic rings. The van der Waals surface area contributed by atoms with Crippen LogP contribution in [0.5, 0.6) is 0 Å². The Morgan fingerprint density at radius 3 is 2.00 bits per heavy atom. The second kappa shape index (κ2) is 1.49. The lowest BCUT2D eigenvalue weighted by molar-refractivity contribution is -0.132. The molecule has 0 saturated heterocycles. The molecule has 0 aliphatic heterocycles. The van der Waals surface area contributed by atoms with Crippen LogP contribution in [0.25, 0.3) is 0 Å². The molecule has 54 valence electrons. The van der Waals surface area contributed by atoms with Gasteiger partial charge in [-0.15, -0.1) is 0 Å². The number of fused-ring (bicyclic) bond motifs is 2. The average Bonchev–Trinajstić information content (AvgIpc) is 2.17. The van der Waals surface area contributed by atoms with Gasteiger partial charge in [0.2, 0.25) is 0 Å². The smallest absolute Gasteiger partial charge is 0.143 e. The Morgan fingerprint density at radius 2 is 1.80 bits per heavy atom. The minimum absolute atomic E-state index is 0.0544. The monoisotopic (exact) mass is 138 g/mol. The summed E-state index contributed by atoms with van der Waals surface area (Å²) in [6.45, 7) is 2.04. The molecule has 0 heterocycles. The summed E-state index contributed by atoms with van der Waals surface area (Å²) in [5.41, 5.74) is 0.0544. The van der Waals surface area contributed by atoms with Crippen molar-refractivity contribution in [1.29, 1.82) is 0 Å². The van der Waals surface area contributed by atoms with Gasteiger partial charge < -0.3 is 0 Å². The molecule has 2 fully saturated rings. The van der Waals surface area contributed by atoms with E-state index in [0.29, 0.717) is 12.8 Å². The van der Waals surface area contributed by atoms with Crippen molar-refractivity contribution in [2.45, 2.75) is 26.2 Å². The second-order valence-corrected chi connectivity index (χ2v) is 3.85. The van der Waals surface area contributed by atoms with Crippen LogP contribution in [0.1, 0.15) is 26.2 Å². The highest BCUT2D eigenvalue weighted by Crippen LogP contribution is 2.49. The zero-order valence-electron chi connectivity index (χ0n) is 6.02. The maximum Gasteiger partial charge on any atom is 0.143 e. The summed E-state index contributed by atoms with van der Waals surface area (Å²) in [5.74, 6) is 0.155. The fourth-order valence-electron chi connectivity index (χ4n) is 2.19. The van der Waals surface area contributed by atoms with Gasteiger partial charge in [0.05, 0.1) is 5.92 Å². The van der Waals surface area contributed by atoms with E-state index in [0.717, 1.165) is 6.42 Å². The van der Waals surface area contributed by atoms with Crippen LogP contribution in [-0.4, -0.2) is 11.6 Å². The van der Waals surface area contributed by atoms with Crippen LogP contribution in [0.3, 0.4) is 0 Å². The molecule has 0 atom stereocenters. The van der Waals surface area contributed by atoms with Crippen LogP contribution in [0.4, 0.5) is 0 Å². The maximum atomic E-state index is 11.0. The second-order valence-electron chi connectivity index (χ2n) is 3.85. The third kappa shape index (κ3) is 0.591. The van der Waals surface area contributed by atoms with Gasteiger partial charge in [0.25, 0.3) is 0 Å². The first-order valence-corrected chi connectivity index (χ1v) is 3.66. The van der Waals surface area contributed by atoms with E-state index >= 15 is 0 Å². The number of ketones is 2. The van der Waals surface area contributed by atoms with Crippen LogP contribution in [0.2, 0.25) is 0 Å². The molecule has 0 aromatic carbocycles. The van der Waals surface area contributed by atoms with E-state index in [-0.39, 0.29) is 22.9 Å². The summed E-state index contributed by atoms with van der Waals surface area (Å²) < 4.78 is 0. The molecule has 2 bridgehead atoms. The number of hydrogen-bond donors (Lipinski definition) is 0. The molecule has 0 unspecified atom stereocenters. The molecule has 0 N–H and O–H groups in total. The fourth-order valence-corrected chi connectivity index (χ4v) is 2.19. The van der Waals surface area contributed by atoms with Gasteiger partial charge in [-0.25, -0.2) is 0 Å². The number of hydrogen-bond acceptors (Lipinski definition) is 2. The Morgan fingerprint density at radius 1 is 1.30 bits per heavy atom. The van der Waals surface area contributed by atoms with Crippen LogP contribution >= 0.6 is 0 Å². The predicted molar refractivity (Wildman–Crippen MR) is 35.5 cm³/mol. The van der Waals surface area contributed by atoms with E-state index in [1.807, 2.05) is 6.92 Å². The SMILES string of the molecule is CC12CC(=O)C(C1)C(=O)C2. The maximum absolute atomic E-state index is 11.0. The highest BCUT2D eigenvalue weighted by atomic mass is 16.2. The highest BCUT2D eigenvalue weighted by Gasteiger charge is 2.52. The zero-order chi connectivity index (χ0) is 7.35. The van der Waals surface area contributed by atoms with E-state index in [1.165, 1.54) is 0 Å². The first kappa shape index (κ1) is 6.08. The Balaban J connectivity index is 2.37. The van der Waals surface area contributed by atoms with E-state index in [9.17, 15) is 9.59 Å². The Kier molecular flexibility index (Phi) is 0.908. The normalized spacial score (nSPS) is 45.1. The fraction of sp³-hybridized carbons (Fsp3) is 0.750. The van der Waals surface area contributed by atoms with Gasteiger partial charge in [-0.05, 0) is 11.8 Å². The summed E-state index contributed by atoms with van der Waals surface area (Å²) in [4.78, 5) is 22.1. The molecule has 2 nitrogen and oxygen atoms in total. The molecule has 0 aromatic rings. The van der Waals surface area contributed by atoms with Gasteiger partial charge in [0, 0.05) is 12.8 Å². The third-order valence-corrected chi connectivity index (χ3v) is 2.68. The summed E-state index contributed by atoms with van der Waals surface area (Å²) in [6.07, 6.45) is 2.11. The molecule has 2 aliphatic carbocycles. The van der Waals surface area contributed by atoms with Crippen LogP contribution in [0.15, 0.2) is 0 Å². The molecule has 0 aromatic heterocycles. The standard InChI is InChI=1S/C8H10O2/c1-8-2-5(6(9)3-8)7(10)4-8/h5H,2-4H2,1H3. The minimum Gasteiger partial charge on any atom is -0.299 e. The molecule has 2 rings (SSSR count). The Labute approximate surface area is 59.6 Å². The third-order valence-electron chi connectivity index (χ3n) is 2.68. The molecule has 2 saturated carbocycles. The van der Waals surface area contributed by atoms with E-state index in [2.05, 4.69) is 0 Å². The van der Waals surface area contributed by atoms with Crippen molar-refractivity contribution >= 4 is 11.6 Å². The first-order chi connectivity index (χ1) is 4.61. The van der Waals surface area contributed by atoms with Crippen LogP contribution in [0, 0.1) is 11.3 Å².